The second-order valence-electron chi connectivity index (χ2n) is 7.56. The van der Waals surface area contributed by atoms with Crippen molar-refractivity contribution in [3.63, 3.8) is 0 Å². The summed E-state index contributed by atoms with van der Waals surface area (Å²) >= 11 is 3.59. The number of hydrogen-bond acceptors (Lipinski definition) is 6. The maximum Gasteiger partial charge on any atom is 0.335 e. The van der Waals surface area contributed by atoms with Gasteiger partial charge in [0.05, 0.1) is 17.1 Å². The Bertz CT molecular complexity index is 1180. The summed E-state index contributed by atoms with van der Waals surface area (Å²) in [7, 11) is 1.59. The standard InChI is InChI=1S/C25H24BrNO6/c1-15-3-5-18(25(28)29)12-20(15)27-13-17-9-19(26)24(23(11-17)30-2)33-14-16-4-6-21-22(10-16)32-8-7-31-21/h3-6,9-12,27H,7-8,13-14H2,1-2H3,(H,28,29). The predicted molar refractivity (Wildman–Crippen MR) is 128 cm³/mol. The molecule has 4 rings (SSSR count). The third kappa shape index (κ3) is 5.34. The van der Waals surface area contributed by atoms with Gasteiger partial charge in [0.25, 0.3) is 0 Å². The Kier molecular flexibility index (Phi) is 6.93. The Hall–Kier alpha value is -3.39. The first-order valence-corrected chi connectivity index (χ1v) is 11.2. The molecule has 0 spiro atoms. The summed E-state index contributed by atoms with van der Waals surface area (Å²) < 4.78 is 23.6. The van der Waals surface area contributed by atoms with Crippen LogP contribution >= 0.6 is 15.9 Å². The highest BCUT2D eigenvalue weighted by atomic mass is 79.9. The van der Waals surface area contributed by atoms with Crippen LogP contribution in [0, 0.1) is 6.92 Å². The Morgan fingerprint density at radius 1 is 1.06 bits per heavy atom. The number of benzene rings is 3. The quantitative estimate of drug-likeness (QED) is 0.415. The van der Waals surface area contributed by atoms with E-state index >= 15 is 0 Å². The SMILES string of the molecule is COc1cc(CNc2cc(C(=O)O)ccc2C)cc(Br)c1OCc1ccc2c(c1)OCCO2. The Balaban J connectivity index is 1.47. The molecule has 0 radical (unpaired) electrons. The van der Waals surface area contributed by atoms with Crippen molar-refractivity contribution in [2.45, 2.75) is 20.1 Å². The topological polar surface area (TPSA) is 86.3 Å². The number of nitrogens with one attached hydrogen (secondary N) is 1. The molecule has 0 atom stereocenters. The van der Waals surface area contributed by atoms with E-state index in [2.05, 4.69) is 21.2 Å². The molecule has 1 aliphatic rings. The van der Waals surface area contributed by atoms with Gasteiger partial charge in [-0.3, -0.25) is 0 Å². The Morgan fingerprint density at radius 2 is 1.85 bits per heavy atom. The molecule has 7 nitrogen and oxygen atoms in total. The van der Waals surface area contributed by atoms with Crippen LogP contribution < -0.4 is 24.3 Å². The lowest BCUT2D eigenvalue weighted by Crippen LogP contribution is -2.15. The minimum Gasteiger partial charge on any atom is -0.493 e. The molecule has 3 aromatic rings. The molecule has 0 fully saturated rings. The smallest absolute Gasteiger partial charge is 0.335 e. The molecule has 2 N–H and O–H groups in total. The molecule has 0 aromatic heterocycles. The van der Waals surface area contributed by atoms with Gasteiger partial charge in [0.15, 0.2) is 23.0 Å². The zero-order chi connectivity index (χ0) is 23.4. The van der Waals surface area contributed by atoms with Crippen LogP contribution in [0.3, 0.4) is 0 Å². The van der Waals surface area contributed by atoms with Crippen molar-refractivity contribution in [1.82, 2.24) is 0 Å². The predicted octanol–water partition coefficient (Wildman–Crippen LogP) is 5.43. The number of halogens is 1. The van der Waals surface area contributed by atoms with E-state index in [4.69, 9.17) is 18.9 Å². The van der Waals surface area contributed by atoms with Crippen LogP contribution in [0.15, 0.2) is 53.0 Å². The summed E-state index contributed by atoms with van der Waals surface area (Å²) in [5.41, 5.74) is 3.87. The molecule has 0 amide bonds. The van der Waals surface area contributed by atoms with Gasteiger partial charge in [0, 0.05) is 12.2 Å². The van der Waals surface area contributed by atoms with Gasteiger partial charge in [-0.2, -0.15) is 0 Å². The first-order valence-electron chi connectivity index (χ1n) is 10.4. The van der Waals surface area contributed by atoms with Crippen LogP contribution in [-0.2, 0) is 13.2 Å². The highest BCUT2D eigenvalue weighted by Crippen LogP contribution is 2.38. The third-order valence-electron chi connectivity index (χ3n) is 5.25. The van der Waals surface area contributed by atoms with E-state index in [9.17, 15) is 9.90 Å². The number of carbonyl (C=O) groups is 1. The zero-order valence-corrected chi connectivity index (χ0v) is 19.9. The summed E-state index contributed by atoms with van der Waals surface area (Å²) in [5.74, 6) is 1.69. The summed E-state index contributed by atoms with van der Waals surface area (Å²) in [4.78, 5) is 11.3. The van der Waals surface area contributed by atoms with Crippen LogP contribution in [0.1, 0.15) is 27.0 Å². The fraction of sp³-hybridized carbons (Fsp3) is 0.240. The maximum absolute atomic E-state index is 11.3. The monoisotopic (exact) mass is 513 g/mol. The van der Waals surface area contributed by atoms with E-state index < -0.39 is 5.97 Å². The number of carboxylic acids is 1. The second-order valence-corrected chi connectivity index (χ2v) is 8.42. The van der Waals surface area contributed by atoms with E-state index in [0.29, 0.717) is 37.9 Å². The molecule has 3 aromatic carbocycles. The van der Waals surface area contributed by atoms with E-state index in [1.807, 2.05) is 37.3 Å². The van der Waals surface area contributed by atoms with Crippen LogP contribution in [0.25, 0.3) is 0 Å². The summed E-state index contributed by atoms with van der Waals surface area (Å²) in [6, 6.07) is 14.6. The summed E-state index contributed by atoms with van der Waals surface area (Å²) in [6.45, 7) is 3.84. The van der Waals surface area contributed by atoms with Crippen molar-refractivity contribution < 1.29 is 28.8 Å². The molecule has 0 unspecified atom stereocenters. The van der Waals surface area contributed by atoms with Gasteiger partial charge in [0.2, 0.25) is 0 Å². The minimum absolute atomic E-state index is 0.241. The zero-order valence-electron chi connectivity index (χ0n) is 18.3. The fourth-order valence-corrected chi connectivity index (χ4v) is 4.10. The number of aromatic carboxylic acids is 1. The Labute approximate surface area is 200 Å². The van der Waals surface area contributed by atoms with Gasteiger partial charge >= 0.3 is 5.97 Å². The van der Waals surface area contributed by atoms with Gasteiger partial charge < -0.3 is 29.4 Å². The van der Waals surface area contributed by atoms with Crippen LogP contribution in [0.2, 0.25) is 0 Å². The normalized spacial score (nSPS) is 12.2. The van der Waals surface area contributed by atoms with Gasteiger partial charge in [-0.15, -0.1) is 0 Å². The summed E-state index contributed by atoms with van der Waals surface area (Å²) in [6.07, 6.45) is 0. The van der Waals surface area contributed by atoms with Crippen LogP contribution in [-0.4, -0.2) is 31.4 Å². The molecule has 1 aliphatic heterocycles. The fourth-order valence-electron chi connectivity index (χ4n) is 3.49. The molecule has 8 heteroatoms. The number of rotatable bonds is 8. The molecule has 1 heterocycles. The number of hydrogen-bond donors (Lipinski definition) is 2. The van der Waals surface area contributed by atoms with Crippen molar-refractivity contribution in [1.29, 1.82) is 0 Å². The molecule has 33 heavy (non-hydrogen) atoms. The van der Waals surface area contributed by atoms with Crippen molar-refractivity contribution >= 4 is 27.6 Å². The van der Waals surface area contributed by atoms with Crippen LogP contribution in [0.5, 0.6) is 23.0 Å². The van der Waals surface area contributed by atoms with Gasteiger partial charge in [-0.25, -0.2) is 4.79 Å². The van der Waals surface area contributed by atoms with Crippen molar-refractivity contribution in [2.24, 2.45) is 0 Å². The lowest BCUT2D eigenvalue weighted by molar-refractivity contribution is 0.0697. The second kappa shape index (κ2) is 10.0. The van der Waals surface area contributed by atoms with Gasteiger partial charge in [-0.05, 0) is 75.9 Å². The first-order chi connectivity index (χ1) is 15.9. The lowest BCUT2D eigenvalue weighted by atomic mass is 10.1. The molecule has 0 bridgehead atoms. The number of fused-ring (bicyclic) bond motifs is 1. The molecule has 0 saturated heterocycles. The first kappa shape index (κ1) is 22.8. The average Bonchev–Trinajstić information content (AvgIpc) is 2.82. The number of carboxylic acid groups (broad SMARTS) is 1. The van der Waals surface area contributed by atoms with Gasteiger partial charge in [-0.1, -0.05) is 12.1 Å². The van der Waals surface area contributed by atoms with Gasteiger partial charge in [0.1, 0.15) is 19.8 Å². The van der Waals surface area contributed by atoms with Crippen molar-refractivity contribution in [3.05, 3.63) is 75.3 Å². The van der Waals surface area contributed by atoms with E-state index in [1.54, 1.807) is 25.3 Å². The molecular weight excluding hydrogens is 490 g/mol. The maximum atomic E-state index is 11.3. The van der Waals surface area contributed by atoms with E-state index in [-0.39, 0.29) is 5.56 Å². The third-order valence-corrected chi connectivity index (χ3v) is 5.84. The van der Waals surface area contributed by atoms with Crippen molar-refractivity contribution in [3.8, 4) is 23.0 Å². The highest BCUT2D eigenvalue weighted by Gasteiger charge is 2.15. The van der Waals surface area contributed by atoms with Crippen LogP contribution in [0.4, 0.5) is 5.69 Å². The number of anilines is 1. The number of methoxy groups -OCH3 is 1. The molecular formula is C25H24BrNO6. The highest BCUT2D eigenvalue weighted by molar-refractivity contribution is 9.10. The van der Waals surface area contributed by atoms with E-state index in [0.717, 1.165) is 38.3 Å². The van der Waals surface area contributed by atoms with Crippen molar-refractivity contribution in [2.75, 3.05) is 25.6 Å². The molecule has 0 aliphatic carbocycles. The number of ether oxygens (including phenoxy) is 4. The molecule has 172 valence electrons. The number of aryl methyl sites for hydroxylation is 1. The van der Waals surface area contributed by atoms with E-state index in [1.165, 1.54) is 0 Å². The largest absolute Gasteiger partial charge is 0.493 e. The molecule has 0 saturated carbocycles. The average molecular weight is 514 g/mol. The minimum atomic E-state index is -0.956. The lowest BCUT2D eigenvalue weighted by Gasteiger charge is -2.19. The summed E-state index contributed by atoms with van der Waals surface area (Å²) in [5, 5.41) is 12.5. The Morgan fingerprint density at radius 3 is 2.61 bits per heavy atom.